The van der Waals surface area contributed by atoms with Gasteiger partial charge in [-0.1, -0.05) is 43.3 Å². The third-order valence-corrected chi connectivity index (χ3v) is 3.77. The van der Waals surface area contributed by atoms with Crippen LogP contribution >= 0.6 is 0 Å². The summed E-state index contributed by atoms with van der Waals surface area (Å²) in [6, 6.07) is 13.8. The first-order valence-electron chi connectivity index (χ1n) is 6.58. The van der Waals surface area contributed by atoms with Crippen molar-refractivity contribution >= 4 is 5.97 Å². The number of nitrogens with zero attached hydrogens (tertiary/aromatic N) is 1. The van der Waals surface area contributed by atoms with E-state index in [1.54, 1.807) is 30.5 Å². The Labute approximate surface area is 118 Å². The third-order valence-electron chi connectivity index (χ3n) is 3.77. The maximum absolute atomic E-state index is 12.0. The van der Waals surface area contributed by atoms with Crippen molar-refractivity contribution in [1.82, 2.24) is 4.98 Å². The van der Waals surface area contributed by atoms with Gasteiger partial charge in [-0.25, -0.2) is 0 Å². The first kappa shape index (κ1) is 14.2. The van der Waals surface area contributed by atoms with Gasteiger partial charge in [-0.3, -0.25) is 9.78 Å². The van der Waals surface area contributed by atoms with Crippen molar-refractivity contribution < 1.29 is 9.90 Å². The minimum Gasteiger partial charge on any atom is -0.481 e. The van der Waals surface area contributed by atoms with Crippen LogP contribution in [0.3, 0.4) is 0 Å². The second-order valence-corrected chi connectivity index (χ2v) is 4.73. The summed E-state index contributed by atoms with van der Waals surface area (Å²) >= 11 is 0. The van der Waals surface area contributed by atoms with Crippen molar-refractivity contribution in [1.29, 1.82) is 0 Å². The summed E-state index contributed by atoms with van der Waals surface area (Å²) in [6.07, 6.45) is 2.02. The van der Waals surface area contributed by atoms with Crippen molar-refractivity contribution in [2.45, 2.75) is 24.8 Å². The van der Waals surface area contributed by atoms with Crippen molar-refractivity contribution in [2.24, 2.45) is 5.73 Å². The van der Waals surface area contributed by atoms with Crippen molar-refractivity contribution in [2.75, 3.05) is 0 Å². The van der Waals surface area contributed by atoms with Gasteiger partial charge in [-0.2, -0.15) is 0 Å². The van der Waals surface area contributed by atoms with Crippen LogP contribution in [-0.4, -0.2) is 16.1 Å². The van der Waals surface area contributed by atoms with Crippen LogP contribution in [0.5, 0.6) is 0 Å². The largest absolute Gasteiger partial charge is 0.481 e. The van der Waals surface area contributed by atoms with E-state index in [0.29, 0.717) is 17.7 Å². The van der Waals surface area contributed by atoms with Gasteiger partial charge in [0, 0.05) is 6.20 Å². The first-order chi connectivity index (χ1) is 9.63. The summed E-state index contributed by atoms with van der Waals surface area (Å²) in [4.78, 5) is 16.2. The number of carboxylic acids is 1. The van der Waals surface area contributed by atoms with Crippen LogP contribution in [0, 0.1) is 0 Å². The van der Waals surface area contributed by atoms with Gasteiger partial charge >= 0.3 is 5.97 Å². The van der Waals surface area contributed by atoms with E-state index < -0.39 is 17.4 Å². The number of hydrogen-bond donors (Lipinski definition) is 2. The van der Waals surface area contributed by atoms with Crippen LogP contribution in [0.4, 0.5) is 0 Å². The average molecular weight is 270 g/mol. The molecular formula is C16H18N2O2. The number of pyridine rings is 1. The lowest BCUT2D eigenvalue weighted by molar-refractivity contribution is -0.145. The van der Waals surface area contributed by atoms with Gasteiger partial charge in [0.2, 0.25) is 0 Å². The van der Waals surface area contributed by atoms with Gasteiger partial charge in [0.1, 0.15) is 5.41 Å². The highest BCUT2D eigenvalue weighted by Gasteiger charge is 2.45. The number of rotatable bonds is 5. The molecule has 0 aliphatic heterocycles. The lowest BCUT2D eigenvalue weighted by Crippen LogP contribution is -2.45. The number of aliphatic carboxylic acids is 1. The SMILES string of the molecule is CC[C@](C(=O)O)(c1ccccc1)[C@@H](N)c1ccccn1. The van der Waals surface area contributed by atoms with Gasteiger partial charge in [-0.15, -0.1) is 0 Å². The molecule has 2 aromatic rings. The molecule has 0 saturated carbocycles. The summed E-state index contributed by atoms with van der Waals surface area (Å²) in [6.45, 7) is 1.84. The quantitative estimate of drug-likeness (QED) is 0.875. The van der Waals surface area contributed by atoms with E-state index >= 15 is 0 Å². The standard InChI is InChI=1S/C16H18N2O2/c1-2-16(15(19)20,12-8-4-3-5-9-12)14(17)13-10-6-7-11-18-13/h3-11,14H,2,17H2,1H3,(H,19,20)/t14-,16-/m0/s1. The lowest BCUT2D eigenvalue weighted by atomic mass is 9.71. The van der Waals surface area contributed by atoms with Gasteiger partial charge in [0.15, 0.2) is 0 Å². The highest BCUT2D eigenvalue weighted by Crippen LogP contribution is 2.38. The predicted octanol–water partition coefficient (Wildman–Crippen LogP) is 2.51. The van der Waals surface area contributed by atoms with E-state index in [1.807, 2.05) is 31.2 Å². The molecule has 0 bridgehead atoms. The summed E-state index contributed by atoms with van der Waals surface area (Å²) in [5, 5.41) is 9.80. The maximum Gasteiger partial charge on any atom is 0.316 e. The fourth-order valence-corrected chi connectivity index (χ4v) is 2.56. The molecule has 0 aliphatic carbocycles. The van der Waals surface area contributed by atoms with E-state index in [2.05, 4.69) is 4.98 Å². The summed E-state index contributed by atoms with van der Waals surface area (Å²) in [5.41, 5.74) is 6.39. The van der Waals surface area contributed by atoms with Crippen LogP contribution in [0.25, 0.3) is 0 Å². The van der Waals surface area contributed by atoms with Gasteiger partial charge in [0.05, 0.1) is 11.7 Å². The fraction of sp³-hybridized carbons (Fsp3) is 0.250. The van der Waals surface area contributed by atoms with Crippen LogP contribution in [-0.2, 0) is 10.2 Å². The molecule has 1 aromatic carbocycles. The molecule has 1 aromatic heterocycles. The normalized spacial score (nSPS) is 15.3. The minimum atomic E-state index is -1.17. The Morgan fingerprint density at radius 1 is 1.25 bits per heavy atom. The Kier molecular flexibility index (Phi) is 4.15. The Bertz CT molecular complexity index is 572. The van der Waals surface area contributed by atoms with Gasteiger partial charge in [-0.05, 0) is 24.1 Å². The molecule has 0 saturated heterocycles. The molecule has 4 heteroatoms. The summed E-state index contributed by atoms with van der Waals surface area (Å²) < 4.78 is 0. The highest BCUT2D eigenvalue weighted by molar-refractivity contribution is 5.82. The van der Waals surface area contributed by atoms with Crippen LogP contribution in [0.1, 0.15) is 30.6 Å². The Hall–Kier alpha value is -2.20. The van der Waals surface area contributed by atoms with Crippen molar-refractivity contribution in [3.63, 3.8) is 0 Å². The maximum atomic E-state index is 12.0. The Morgan fingerprint density at radius 3 is 2.40 bits per heavy atom. The molecule has 2 atom stereocenters. The molecule has 1 heterocycles. The fourth-order valence-electron chi connectivity index (χ4n) is 2.56. The number of nitrogens with two attached hydrogens (primary N) is 1. The summed E-state index contributed by atoms with van der Waals surface area (Å²) in [7, 11) is 0. The number of carbonyl (C=O) groups is 1. The zero-order chi connectivity index (χ0) is 14.6. The van der Waals surface area contributed by atoms with E-state index in [0.717, 1.165) is 0 Å². The molecular weight excluding hydrogens is 252 g/mol. The minimum absolute atomic E-state index is 0.393. The molecule has 0 unspecified atom stereocenters. The third kappa shape index (κ3) is 2.30. The molecule has 3 N–H and O–H groups in total. The molecule has 104 valence electrons. The lowest BCUT2D eigenvalue weighted by Gasteiger charge is -2.34. The second-order valence-electron chi connectivity index (χ2n) is 4.73. The van der Waals surface area contributed by atoms with E-state index in [4.69, 9.17) is 5.73 Å². The van der Waals surface area contributed by atoms with Crippen LogP contribution < -0.4 is 5.73 Å². The van der Waals surface area contributed by atoms with Crippen LogP contribution in [0.15, 0.2) is 54.7 Å². The Balaban J connectivity index is 2.56. The second kappa shape index (κ2) is 5.84. The molecule has 0 fully saturated rings. The number of hydrogen-bond acceptors (Lipinski definition) is 3. The number of benzene rings is 1. The van der Waals surface area contributed by atoms with E-state index in [1.165, 1.54) is 0 Å². The zero-order valence-corrected chi connectivity index (χ0v) is 11.4. The summed E-state index contributed by atoms with van der Waals surface area (Å²) in [5.74, 6) is -0.927. The molecule has 0 amide bonds. The monoisotopic (exact) mass is 270 g/mol. The van der Waals surface area contributed by atoms with Gasteiger partial charge < -0.3 is 10.8 Å². The van der Waals surface area contributed by atoms with E-state index in [9.17, 15) is 9.90 Å². The van der Waals surface area contributed by atoms with Crippen molar-refractivity contribution in [3.8, 4) is 0 Å². The average Bonchev–Trinajstić information content (AvgIpc) is 2.50. The smallest absolute Gasteiger partial charge is 0.316 e. The van der Waals surface area contributed by atoms with Crippen LogP contribution in [0.2, 0.25) is 0 Å². The highest BCUT2D eigenvalue weighted by atomic mass is 16.4. The number of aromatic nitrogens is 1. The molecule has 20 heavy (non-hydrogen) atoms. The topological polar surface area (TPSA) is 76.2 Å². The molecule has 0 spiro atoms. The van der Waals surface area contributed by atoms with Crippen molar-refractivity contribution in [3.05, 3.63) is 66.0 Å². The molecule has 2 rings (SSSR count). The molecule has 0 radical (unpaired) electrons. The van der Waals surface area contributed by atoms with Gasteiger partial charge in [0.25, 0.3) is 0 Å². The Morgan fingerprint density at radius 2 is 1.90 bits per heavy atom. The zero-order valence-electron chi connectivity index (χ0n) is 11.4. The number of carboxylic acid groups (broad SMARTS) is 1. The predicted molar refractivity (Wildman–Crippen MR) is 77.2 cm³/mol. The molecule has 4 nitrogen and oxygen atoms in total. The van der Waals surface area contributed by atoms with E-state index in [-0.39, 0.29) is 0 Å². The first-order valence-corrected chi connectivity index (χ1v) is 6.58. The molecule has 0 aliphatic rings.